The molecule has 360 valence electrons. The summed E-state index contributed by atoms with van der Waals surface area (Å²) in [6.07, 6.45) is 8.63. The number of nitrogens with two attached hydrogens (primary N) is 1. The second-order valence-corrected chi connectivity index (χ2v) is 21.5. The van der Waals surface area contributed by atoms with E-state index in [-0.39, 0.29) is 89.7 Å². The minimum atomic E-state index is -0.226. The smallest absolute Gasteiger partial charge is 0.251 e. The lowest BCUT2D eigenvalue weighted by atomic mass is 9.45. The minimum Gasteiger partial charge on any atom is -0.497 e. The van der Waals surface area contributed by atoms with Crippen LogP contribution in [-0.4, -0.2) is 58.0 Å². The summed E-state index contributed by atoms with van der Waals surface area (Å²) in [5.41, 5.74) is 9.71. The van der Waals surface area contributed by atoms with Crippen LogP contribution in [0.5, 0.6) is 23.0 Å². The number of ether oxygens (including phenoxy) is 4. The highest BCUT2D eigenvalue weighted by atomic mass is 16.5. The highest BCUT2D eigenvalue weighted by Crippen LogP contribution is 2.63. The van der Waals surface area contributed by atoms with Crippen molar-refractivity contribution in [3.8, 4) is 23.0 Å². The van der Waals surface area contributed by atoms with Crippen LogP contribution in [0.4, 0.5) is 0 Å². The molecule has 4 saturated carbocycles. The highest BCUT2D eigenvalue weighted by molar-refractivity contribution is 6.00. The number of hydrogen-bond donors (Lipinski definition) is 2. The first kappa shape index (κ1) is 53.2. The zero-order chi connectivity index (χ0) is 46.2. The van der Waals surface area contributed by atoms with Gasteiger partial charge in [-0.05, 0) is 127 Å². The molecule has 0 aromatic heterocycles. The quantitative estimate of drug-likeness (QED) is 0.193. The molecule has 3 aromatic rings. The Labute approximate surface area is 392 Å². The molecule has 9 heteroatoms. The molecule has 0 radical (unpaired) electrons. The summed E-state index contributed by atoms with van der Waals surface area (Å²) < 4.78 is 21.7. The molecule has 4 aliphatic carbocycles. The fraction of sp³-hybridized carbons (Fsp3) is 0.625. The average Bonchev–Trinajstić information content (AvgIpc) is 3.24. The molecule has 0 unspecified atom stereocenters. The summed E-state index contributed by atoms with van der Waals surface area (Å²) in [7, 11) is 6.43. The maximum absolute atomic E-state index is 14.3. The lowest BCUT2D eigenvalue weighted by molar-refractivity contribution is -0.0902. The third-order valence-corrected chi connectivity index (χ3v) is 16.8. The van der Waals surface area contributed by atoms with Gasteiger partial charge in [-0.1, -0.05) is 101 Å². The summed E-state index contributed by atoms with van der Waals surface area (Å²) in [5.74, 6) is 3.35. The Balaban J connectivity index is 0.000000287. The molecule has 0 spiro atoms. The van der Waals surface area contributed by atoms with Gasteiger partial charge in [0.15, 0.2) is 11.6 Å². The summed E-state index contributed by atoms with van der Waals surface area (Å²) in [5, 5.41) is 3.34. The maximum atomic E-state index is 14.3. The molecule has 0 bridgehead atoms. The number of hydrogen-bond acceptors (Lipinski definition) is 8. The van der Waals surface area contributed by atoms with Gasteiger partial charge in [0.2, 0.25) is 0 Å². The Morgan fingerprint density at radius 2 is 1.00 bits per heavy atom. The first-order valence-electron chi connectivity index (χ1n) is 23.3. The van der Waals surface area contributed by atoms with Crippen LogP contribution in [0.2, 0.25) is 0 Å². The molecule has 3 N–H and O–H groups in total. The van der Waals surface area contributed by atoms with Crippen molar-refractivity contribution in [2.24, 2.45) is 62.9 Å². The second-order valence-electron chi connectivity index (χ2n) is 21.5. The lowest BCUT2D eigenvalue weighted by Gasteiger charge is -2.60. The summed E-state index contributed by atoms with van der Waals surface area (Å²) in [4.78, 5) is 41.4. The number of carbonyl (C=O) groups excluding carboxylic acids is 3. The van der Waals surface area contributed by atoms with Crippen LogP contribution in [0.25, 0.3) is 0 Å². The van der Waals surface area contributed by atoms with Crippen molar-refractivity contribution in [2.45, 2.75) is 141 Å². The number of carbonyl (C=O) groups is 3. The maximum Gasteiger partial charge on any atom is 0.251 e. The number of nitrogens with one attached hydrogen (secondary N) is 1. The fourth-order valence-electron chi connectivity index (χ4n) is 13.5. The average molecular weight is 897 g/mol. The van der Waals surface area contributed by atoms with Crippen molar-refractivity contribution >= 4 is 17.5 Å². The molecule has 1 amide bonds. The number of methoxy groups -OCH3 is 4. The summed E-state index contributed by atoms with van der Waals surface area (Å²) in [6, 6.07) is 18.6. The van der Waals surface area contributed by atoms with Gasteiger partial charge in [0.1, 0.15) is 23.0 Å². The predicted octanol–water partition coefficient (Wildman–Crippen LogP) is 12.5. The lowest BCUT2D eigenvalue weighted by Crippen LogP contribution is -2.60. The molecular weight excluding hydrogens is 813 g/mol. The number of Topliss-reactive ketones (excluding diaryl/α,β-unsaturated/α-hetero) is 2. The van der Waals surface area contributed by atoms with Gasteiger partial charge in [0.05, 0.1) is 28.4 Å². The fourth-order valence-corrected chi connectivity index (χ4v) is 13.5. The number of benzene rings is 3. The van der Waals surface area contributed by atoms with Crippen LogP contribution < -0.4 is 30.0 Å². The van der Waals surface area contributed by atoms with Gasteiger partial charge in [-0.15, -0.1) is 0 Å². The Hall–Kier alpha value is -4.37. The normalized spacial score (nSPS) is 30.7. The zero-order valence-electron chi connectivity index (χ0n) is 40.5. The van der Waals surface area contributed by atoms with E-state index in [1.807, 2.05) is 55.5 Å². The van der Waals surface area contributed by atoms with Gasteiger partial charge >= 0.3 is 0 Å². The molecule has 4 aliphatic rings. The van der Waals surface area contributed by atoms with E-state index in [2.05, 4.69) is 60.7 Å². The Bertz CT molecular complexity index is 2100. The van der Waals surface area contributed by atoms with Crippen molar-refractivity contribution in [1.29, 1.82) is 0 Å². The monoisotopic (exact) mass is 897 g/mol. The summed E-state index contributed by atoms with van der Waals surface area (Å²) >= 11 is 0. The second kappa shape index (κ2) is 20.7. The minimum absolute atomic E-state index is 0. The highest BCUT2D eigenvalue weighted by Gasteiger charge is 2.60. The molecule has 10 atom stereocenters. The van der Waals surface area contributed by atoms with Crippen LogP contribution in [0.15, 0.2) is 60.7 Å². The number of amides is 1. The molecule has 0 heterocycles. The molecule has 9 nitrogen and oxygen atoms in total. The molecule has 65 heavy (non-hydrogen) atoms. The van der Waals surface area contributed by atoms with Crippen LogP contribution in [0, 0.1) is 64.1 Å². The number of aryl methyl sites for hydroxylation is 1. The van der Waals surface area contributed by atoms with E-state index in [0.717, 1.165) is 44.1 Å². The van der Waals surface area contributed by atoms with Crippen molar-refractivity contribution < 1.29 is 33.3 Å². The van der Waals surface area contributed by atoms with Crippen molar-refractivity contribution in [3.05, 3.63) is 82.9 Å². The molecule has 7 rings (SSSR count). The number of ketones is 2. The van der Waals surface area contributed by atoms with E-state index in [4.69, 9.17) is 24.7 Å². The topological polar surface area (TPSA) is 126 Å². The van der Waals surface area contributed by atoms with Gasteiger partial charge in [-0.3, -0.25) is 14.4 Å². The molecule has 0 saturated heterocycles. The van der Waals surface area contributed by atoms with E-state index < -0.39 is 0 Å². The van der Waals surface area contributed by atoms with E-state index in [1.165, 1.54) is 12.8 Å². The predicted molar refractivity (Wildman–Crippen MR) is 265 cm³/mol. The molecule has 4 fully saturated rings. The van der Waals surface area contributed by atoms with Crippen molar-refractivity contribution in [3.63, 3.8) is 0 Å². The van der Waals surface area contributed by atoms with Crippen LogP contribution in [0.3, 0.4) is 0 Å². The van der Waals surface area contributed by atoms with Gasteiger partial charge in [-0.25, -0.2) is 0 Å². The van der Waals surface area contributed by atoms with E-state index in [9.17, 15) is 14.4 Å². The molecule has 0 aliphatic heterocycles. The first-order valence-corrected chi connectivity index (χ1v) is 23.3. The van der Waals surface area contributed by atoms with Crippen LogP contribution >= 0.6 is 0 Å². The third-order valence-electron chi connectivity index (χ3n) is 16.8. The van der Waals surface area contributed by atoms with Gasteiger partial charge in [0, 0.05) is 52.7 Å². The largest absolute Gasteiger partial charge is 0.497 e. The van der Waals surface area contributed by atoms with Crippen LogP contribution in [-0.2, 0) is 0 Å². The Kier molecular flexibility index (Phi) is 16.9. The molecular formula is C56H84N2O7. The zero-order valence-corrected chi connectivity index (χ0v) is 40.5. The van der Waals surface area contributed by atoms with Gasteiger partial charge in [0.25, 0.3) is 5.91 Å². The summed E-state index contributed by atoms with van der Waals surface area (Å²) in [6.45, 7) is 20.3. The number of rotatable bonds is 10. The number of fused-ring (bicyclic) bond motifs is 2. The van der Waals surface area contributed by atoms with E-state index >= 15 is 0 Å². The van der Waals surface area contributed by atoms with Crippen molar-refractivity contribution in [2.75, 3.05) is 28.4 Å². The SMILES string of the molecule is C.C.COc1cc(OC)cc(C(=O)[C@H]2[C@H](C)[C@H](N)C[C@H]3C(C)(C)CCC[C@]23C)c1.COc1cc(OC)cc(C(=O)[C@H]2[C@H](C)[C@H](NC(=O)c3cccc(C)c3)C[C@H]3C(C)(C)CCC[C@]23C)c1. The van der Waals surface area contributed by atoms with E-state index in [0.29, 0.717) is 51.5 Å². The Morgan fingerprint density at radius 1 is 0.585 bits per heavy atom. The Morgan fingerprint density at radius 3 is 1.42 bits per heavy atom. The van der Waals surface area contributed by atoms with Crippen LogP contribution in [0.1, 0.15) is 158 Å². The molecule has 3 aromatic carbocycles. The van der Waals surface area contributed by atoms with E-state index in [1.54, 1.807) is 40.6 Å². The van der Waals surface area contributed by atoms with Crippen molar-refractivity contribution in [1.82, 2.24) is 5.32 Å². The van der Waals surface area contributed by atoms with Gasteiger partial charge < -0.3 is 30.0 Å². The first-order chi connectivity index (χ1) is 29.6. The standard InChI is InChI=1S/C31H41NO4.C23H35NO3.2CH4/c1-19-10-8-11-21(14-19)29(34)32-25-18-26-30(3,4)12-9-13-31(26,5)27(20(25)2)28(33)22-15-23(35-6)17-24(16-22)36-7;1-14-18(24)13-19-22(2,3)8-7-9-23(19,4)20(14)21(25)15-10-16(26-5)12-17(11-15)27-6;;/h8,10-11,14-17,20,25-27H,9,12-13,18H2,1-7H3,(H,32,34);10-12,14,18-20H,7-9,13,24H2,1-6H3;2*1H4/t20-,25-,26+,27-,31+;14-,18-,19+,20-,23+;;/m11../s1. The third kappa shape index (κ3) is 10.5. The van der Waals surface area contributed by atoms with Gasteiger partial charge in [-0.2, -0.15) is 0 Å².